The van der Waals surface area contributed by atoms with Gasteiger partial charge in [-0.05, 0) is 30.3 Å². The Hall–Kier alpha value is -2.73. The minimum atomic E-state index is -0.648. The molecule has 1 aliphatic rings. The first-order valence-electron chi connectivity index (χ1n) is 7.36. The van der Waals surface area contributed by atoms with Crippen molar-refractivity contribution in [3.63, 3.8) is 0 Å². The molecule has 0 spiro atoms. The molecule has 3 N–H and O–H groups in total. The molecule has 2 aromatic rings. The van der Waals surface area contributed by atoms with E-state index in [4.69, 9.17) is 16.3 Å². The lowest BCUT2D eigenvalue weighted by atomic mass is 10.1. The van der Waals surface area contributed by atoms with Crippen LogP contribution in [0.15, 0.2) is 42.5 Å². The molecule has 2 aromatic carbocycles. The Labute approximate surface area is 144 Å². The van der Waals surface area contributed by atoms with Crippen molar-refractivity contribution >= 4 is 40.5 Å². The van der Waals surface area contributed by atoms with E-state index in [9.17, 15) is 9.59 Å². The minimum absolute atomic E-state index is 0.0180. The van der Waals surface area contributed by atoms with E-state index in [1.165, 1.54) is 7.11 Å². The van der Waals surface area contributed by atoms with Crippen LogP contribution in [0.2, 0.25) is 5.02 Å². The lowest BCUT2D eigenvalue weighted by Gasteiger charge is -2.26. The summed E-state index contributed by atoms with van der Waals surface area (Å²) in [4.78, 5) is 24.4. The standard InChI is InChI=1S/C17H16ClN3O3/c1-24-15-7-6-10(18)8-13(15)20-16(22)9-14-17(23)21-12-5-3-2-4-11(12)19-14/h2-8,14,19H,9H2,1H3,(H,20,22)(H,21,23)/t14-/m0/s1. The number of amides is 2. The van der Waals surface area contributed by atoms with E-state index in [-0.39, 0.29) is 18.2 Å². The highest BCUT2D eigenvalue weighted by Crippen LogP contribution is 2.29. The number of hydrogen-bond donors (Lipinski definition) is 3. The van der Waals surface area contributed by atoms with Crippen LogP contribution in [0.3, 0.4) is 0 Å². The molecule has 0 bridgehead atoms. The SMILES string of the molecule is COc1ccc(Cl)cc1NC(=O)C[C@@H]1Nc2ccccc2NC1=O. The van der Waals surface area contributed by atoms with Crippen LogP contribution in [0.25, 0.3) is 0 Å². The number of benzene rings is 2. The largest absolute Gasteiger partial charge is 0.495 e. The zero-order valence-corrected chi connectivity index (χ0v) is 13.7. The molecule has 0 unspecified atom stereocenters. The molecule has 1 heterocycles. The van der Waals surface area contributed by atoms with Crippen LogP contribution in [0.4, 0.5) is 17.1 Å². The van der Waals surface area contributed by atoms with Crippen LogP contribution >= 0.6 is 11.6 Å². The first kappa shape index (κ1) is 16.1. The van der Waals surface area contributed by atoms with Crippen molar-refractivity contribution < 1.29 is 14.3 Å². The lowest BCUT2D eigenvalue weighted by molar-refractivity contribution is -0.122. The molecule has 1 atom stereocenters. The number of rotatable bonds is 4. The second kappa shape index (κ2) is 6.80. The van der Waals surface area contributed by atoms with Gasteiger partial charge in [0.1, 0.15) is 11.8 Å². The van der Waals surface area contributed by atoms with Gasteiger partial charge in [-0.1, -0.05) is 23.7 Å². The summed E-state index contributed by atoms with van der Waals surface area (Å²) in [5.74, 6) is -0.0661. The van der Waals surface area contributed by atoms with Crippen molar-refractivity contribution in [1.29, 1.82) is 0 Å². The maximum Gasteiger partial charge on any atom is 0.247 e. The van der Waals surface area contributed by atoms with E-state index in [0.29, 0.717) is 22.1 Å². The van der Waals surface area contributed by atoms with Gasteiger partial charge in [0, 0.05) is 5.02 Å². The van der Waals surface area contributed by atoms with Crippen LogP contribution in [0.1, 0.15) is 6.42 Å². The van der Waals surface area contributed by atoms with Gasteiger partial charge in [0.2, 0.25) is 11.8 Å². The summed E-state index contributed by atoms with van der Waals surface area (Å²) >= 11 is 5.95. The van der Waals surface area contributed by atoms with Gasteiger partial charge in [-0.3, -0.25) is 9.59 Å². The monoisotopic (exact) mass is 345 g/mol. The zero-order valence-electron chi connectivity index (χ0n) is 12.9. The summed E-state index contributed by atoms with van der Waals surface area (Å²) < 4.78 is 5.19. The quantitative estimate of drug-likeness (QED) is 0.795. The fourth-order valence-electron chi connectivity index (χ4n) is 2.50. The summed E-state index contributed by atoms with van der Waals surface area (Å²) in [6, 6.07) is 11.6. The lowest BCUT2D eigenvalue weighted by Crippen LogP contribution is -2.41. The highest BCUT2D eigenvalue weighted by Gasteiger charge is 2.27. The van der Waals surface area contributed by atoms with E-state index in [2.05, 4.69) is 16.0 Å². The number of nitrogens with one attached hydrogen (secondary N) is 3. The average Bonchev–Trinajstić information content (AvgIpc) is 2.55. The first-order chi connectivity index (χ1) is 11.6. The van der Waals surface area contributed by atoms with E-state index in [0.717, 1.165) is 5.69 Å². The van der Waals surface area contributed by atoms with Crippen LogP contribution in [0, 0.1) is 0 Å². The fourth-order valence-corrected chi connectivity index (χ4v) is 2.67. The number of fused-ring (bicyclic) bond motifs is 1. The van der Waals surface area contributed by atoms with Crippen LogP contribution in [-0.2, 0) is 9.59 Å². The van der Waals surface area contributed by atoms with Gasteiger partial charge >= 0.3 is 0 Å². The molecule has 6 nitrogen and oxygen atoms in total. The van der Waals surface area contributed by atoms with Gasteiger partial charge in [0.15, 0.2) is 0 Å². The van der Waals surface area contributed by atoms with Crippen molar-refractivity contribution in [1.82, 2.24) is 0 Å². The van der Waals surface area contributed by atoms with E-state index in [1.54, 1.807) is 24.3 Å². The molecule has 124 valence electrons. The third kappa shape index (κ3) is 3.44. The molecule has 24 heavy (non-hydrogen) atoms. The van der Waals surface area contributed by atoms with Gasteiger partial charge in [-0.25, -0.2) is 0 Å². The maximum atomic E-state index is 12.3. The van der Waals surface area contributed by atoms with Crippen molar-refractivity contribution in [3.8, 4) is 5.75 Å². The topological polar surface area (TPSA) is 79.5 Å². The summed E-state index contributed by atoms with van der Waals surface area (Å²) in [5, 5.41) is 9.06. The number of para-hydroxylation sites is 2. The Kier molecular flexibility index (Phi) is 4.57. The number of methoxy groups -OCH3 is 1. The molecular weight excluding hydrogens is 330 g/mol. The van der Waals surface area contributed by atoms with Gasteiger partial charge in [0.05, 0.1) is 30.6 Å². The van der Waals surface area contributed by atoms with E-state index >= 15 is 0 Å². The van der Waals surface area contributed by atoms with Crippen molar-refractivity contribution in [2.24, 2.45) is 0 Å². The highest BCUT2D eigenvalue weighted by atomic mass is 35.5. The minimum Gasteiger partial charge on any atom is -0.495 e. The van der Waals surface area contributed by atoms with E-state index < -0.39 is 6.04 Å². The predicted molar refractivity (Wildman–Crippen MR) is 93.7 cm³/mol. The molecule has 7 heteroatoms. The van der Waals surface area contributed by atoms with Crippen molar-refractivity contribution in [3.05, 3.63) is 47.5 Å². The summed E-state index contributed by atoms with van der Waals surface area (Å²) in [6.45, 7) is 0. The Morgan fingerprint density at radius 2 is 2.00 bits per heavy atom. The normalized spacial score (nSPS) is 15.8. The molecule has 0 aromatic heterocycles. The van der Waals surface area contributed by atoms with Crippen molar-refractivity contribution in [2.45, 2.75) is 12.5 Å². The Morgan fingerprint density at radius 1 is 1.25 bits per heavy atom. The molecule has 2 amide bonds. The van der Waals surface area contributed by atoms with Gasteiger partial charge in [-0.2, -0.15) is 0 Å². The number of carbonyl (C=O) groups excluding carboxylic acids is 2. The number of carbonyl (C=O) groups is 2. The molecule has 3 rings (SSSR count). The van der Waals surface area contributed by atoms with Crippen LogP contribution < -0.4 is 20.7 Å². The molecule has 0 fully saturated rings. The average molecular weight is 346 g/mol. The van der Waals surface area contributed by atoms with Gasteiger partial charge < -0.3 is 20.7 Å². The Bertz CT molecular complexity index is 794. The molecule has 0 aliphatic carbocycles. The second-order valence-corrected chi connectivity index (χ2v) is 5.77. The summed E-state index contributed by atoms with van der Waals surface area (Å²) in [7, 11) is 1.51. The van der Waals surface area contributed by atoms with Gasteiger partial charge in [0.25, 0.3) is 0 Å². The van der Waals surface area contributed by atoms with E-state index in [1.807, 2.05) is 18.2 Å². The Morgan fingerprint density at radius 3 is 2.75 bits per heavy atom. The van der Waals surface area contributed by atoms with Crippen molar-refractivity contribution in [2.75, 3.05) is 23.1 Å². The molecule has 0 saturated carbocycles. The fraction of sp³-hybridized carbons (Fsp3) is 0.176. The molecule has 0 radical (unpaired) electrons. The number of halogens is 1. The molecule has 0 saturated heterocycles. The third-order valence-electron chi connectivity index (χ3n) is 3.66. The maximum absolute atomic E-state index is 12.3. The second-order valence-electron chi connectivity index (χ2n) is 5.33. The van der Waals surface area contributed by atoms with Crippen LogP contribution in [0.5, 0.6) is 5.75 Å². The molecule has 1 aliphatic heterocycles. The number of anilines is 3. The summed E-state index contributed by atoms with van der Waals surface area (Å²) in [5.41, 5.74) is 1.96. The summed E-state index contributed by atoms with van der Waals surface area (Å²) in [6.07, 6.45) is -0.0180. The zero-order chi connectivity index (χ0) is 17.1. The number of ether oxygens (including phenoxy) is 1. The number of hydrogen-bond acceptors (Lipinski definition) is 4. The first-order valence-corrected chi connectivity index (χ1v) is 7.74. The molecular formula is C17H16ClN3O3. The highest BCUT2D eigenvalue weighted by molar-refractivity contribution is 6.31. The predicted octanol–water partition coefficient (Wildman–Crippen LogP) is 3.11. The third-order valence-corrected chi connectivity index (χ3v) is 3.89. The Balaban J connectivity index is 1.70. The van der Waals surface area contributed by atoms with Gasteiger partial charge in [-0.15, -0.1) is 0 Å². The smallest absolute Gasteiger partial charge is 0.247 e. The van der Waals surface area contributed by atoms with Crippen LogP contribution in [-0.4, -0.2) is 25.0 Å².